The van der Waals surface area contributed by atoms with Gasteiger partial charge >= 0.3 is 0 Å². The predicted octanol–water partition coefficient (Wildman–Crippen LogP) is 5.26. The minimum atomic E-state index is -0.197. The third-order valence-corrected chi connectivity index (χ3v) is 3.56. The van der Waals surface area contributed by atoms with E-state index in [9.17, 15) is 0 Å². The van der Waals surface area contributed by atoms with Gasteiger partial charge in [0.25, 0.3) is 0 Å². The lowest BCUT2D eigenvalue weighted by molar-refractivity contribution is 0.0128. The molecule has 0 amide bonds. The van der Waals surface area contributed by atoms with Crippen molar-refractivity contribution in [3.8, 4) is 0 Å². The van der Waals surface area contributed by atoms with Gasteiger partial charge in [-0.05, 0) is 39.3 Å². The predicted molar refractivity (Wildman–Crippen MR) is 80.3 cm³/mol. The van der Waals surface area contributed by atoms with Crippen LogP contribution in [0.15, 0.2) is 12.1 Å². The number of rotatable bonds is 5. The van der Waals surface area contributed by atoms with Crippen LogP contribution in [0, 0.1) is 0 Å². The van der Waals surface area contributed by atoms with E-state index in [2.05, 4.69) is 12.2 Å². The molecular weight excluding hydrogens is 293 g/mol. The molecule has 0 aliphatic heterocycles. The molecule has 0 aliphatic carbocycles. The van der Waals surface area contributed by atoms with Crippen LogP contribution < -0.4 is 5.32 Å². The molecule has 5 heteroatoms. The second-order valence-electron chi connectivity index (χ2n) is 4.96. The van der Waals surface area contributed by atoms with Crippen molar-refractivity contribution in [1.29, 1.82) is 0 Å². The van der Waals surface area contributed by atoms with Crippen LogP contribution in [0.5, 0.6) is 0 Å². The van der Waals surface area contributed by atoms with Gasteiger partial charge in [-0.1, -0.05) is 34.8 Å². The van der Waals surface area contributed by atoms with E-state index < -0.39 is 0 Å². The first-order valence-corrected chi connectivity index (χ1v) is 6.85. The normalized spacial score (nSPS) is 13.5. The largest absolute Gasteiger partial charge is 0.380 e. The second kappa shape index (κ2) is 6.33. The molecule has 0 saturated carbocycles. The van der Waals surface area contributed by atoms with E-state index in [1.54, 1.807) is 19.2 Å². The van der Waals surface area contributed by atoms with Crippen LogP contribution in [-0.2, 0) is 4.74 Å². The summed E-state index contributed by atoms with van der Waals surface area (Å²) in [6.07, 6.45) is 0.832. The van der Waals surface area contributed by atoms with Crippen molar-refractivity contribution in [3.63, 3.8) is 0 Å². The molecule has 18 heavy (non-hydrogen) atoms. The van der Waals surface area contributed by atoms with Crippen molar-refractivity contribution in [2.75, 3.05) is 12.4 Å². The van der Waals surface area contributed by atoms with Crippen LogP contribution in [0.25, 0.3) is 0 Å². The number of nitrogens with one attached hydrogen (secondary N) is 1. The van der Waals surface area contributed by atoms with Crippen LogP contribution in [0.4, 0.5) is 5.69 Å². The summed E-state index contributed by atoms with van der Waals surface area (Å²) in [6, 6.07) is 3.52. The quantitative estimate of drug-likeness (QED) is 0.800. The molecule has 0 aromatic heterocycles. The van der Waals surface area contributed by atoms with Crippen molar-refractivity contribution in [2.24, 2.45) is 0 Å². The fraction of sp³-hybridized carbons (Fsp3) is 0.538. The Balaban J connectivity index is 2.79. The number of ether oxygens (including phenoxy) is 1. The molecule has 0 saturated heterocycles. The summed E-state index contributed by atoms with van der Waals surface area (Å²) in [4.78, 5) is 0. The van der Waals surface area contributed by atoms with Crippen LogP contribution in [-0.4, -0.2) is 18.8 Å². The van der Waals surface area contributed by atoms with E-state index in [1.165, 1.54) is 0 Å². The summed E-state index contributed by atoms with van der Waals surface area (Å²) in [7, 11) is 1.70. The zero-order chi connectivity index (χ0) is 13.9. The van der Waals surface area contributed by atoms with Gasteiger partial charge in [-0.15, -0.1) is 0 Å². The van der Waals surface area contributed by atoms with Gasteiger partial charge in [-0.2, -0.15) is 0 Å². The maximum absolute atomic E-state index is 6.12. The zero-order valence-electron chi connectivity index (χ0n) is 11.0. The minimum Gasteiger partial charge on any atom is -0.380 e. The Kier molecular flexibility index (Phi) is 5.60. The van der Waals surface area contributed by atoms with Crippen LogP contribution in [0.3, 0.4) is 0 Å². The van der Waals surface area contributed by atoms with E-state index >= 15 is 0 Å². The summed E-state index contributed by atoms with van der Waals surface area (Å²) in [5, 5.41) is 4.87. The molecule has 0 radical (unpaired) electrons. The molecule has 1 aromatic carbocycles. The number of anilines is 1. The first kappa shape index (κ1) is 15.9. The van der Waals surface area contributed by atoms with E-state index in [1.807, 2.05) is 13.8 Å². The monoisotopic (exact) mass is 309 g/mol. The third kappa shape index (κ3) is 4.51. The Hall–Kier alpha value is -0.150. The average Bonchev–Trinajstić information content (AvgIpc) is 2.22. The molecule has 0 aliphatic rings. The highest BCUT2D eigenvalue weighted by Crippen LogP contribution is 2.34. The second-order valence-corrected chi connectivity index (χ2v) is 6.21. The van der Waals surface area contributed by atoms with Crippen molar-refractivity contribution >= 4 is 40.5 Å². The summed E-state index contributed by atoms with van der Waals surface area (Å²) in [5.41, 5.74) is 0.514. The number of methoxy groups -OCH3 is 1. The number of hydrogen-bond donors (Lipinski definition) is 1. The summed E-state index contributed by atoms with van der Waals surface area (Å²) in [6.45, 7) is 6.13. The van der Waals surface area contributed by atoms with E-state index in [4.69, 9.17) is 39.5 Å². The van der Waals surface area contributed by atoms with Crippen molar-refractivity contribution in [3.05, 3.63) is 27.2 Å². The van der Waals surface area contributed by atoms with Crippen LogP contribution in [0.1, 0.15) is 27.2 Å². The maximum Gasteiger partial charge on any atom is 0.0722 e. The fourth-order valence-electron chi connectivity index (χ4n) is 1.80. The minimum absolute atomic E-state index is 0.177. The van der Waals surface area contributed by atoms with E-state index in [0.717, 1.165) is 6.42 Å². The highest BCUT2D eigenvalue weighted by molar-refractivity contribution is 6.41. The molecule has 1 rings (SSSR count). The smallest absolute Gasteiger partial charge is 0.0722 e. The molecule has 0 spiro atoms. The molecule has 0 heterocycles. The maximum atomic E-state index is 6.12. The highest BCUT2D eigenvalue weighted by atomic mass is 35.5. The molecule has 0 fully saturated rings. The molecule has 2 nitrogen and oxygen atoms in total. The Morgan fingerprint density at radius 1 is 1.22 bits per heavy atom. The Morgan fingerprint density at radius 2 is 1.72 bits per heavy atom. The van der Waals surface area contributed by atoms with Gasteiger partial charge in [0.05, 0.1) is 21.3 Å². The van der Waals surface area contributed by atoms with E-state index in [0.29, 0.717) is 20.8 Å². The molecule has 1 atom stereocenters. The summed E-state index contributed by atoms with van der Waals surface area (Å²) < 4.78 is 5.40. The lowest BCUT2D eigenvalue weighted by Gasteiger charge is -2.28. The zero-order valence-corrected chi connectivity index (χ0v) is 13.2. The first-order valence-electron chi connectivity index (χ1n) is 5.71. The SMILES string of the molecule is COC(C)(C)CC(C)Nc1c(Cl)cc(Cl)cc1Cl. The molecule has 0 bridgehead atoms. The van der Waals surface area contributed by atoms with Crippen molar-refractivity contribution in [2.45, 2.75) is 38.8 Å². The molecule has 102 valence electrons. The summed E-state index contributed by atoms with van der Waals surface area (Å²) in [5.74, 6) is 0. The van der Waals surface area contributed by atoms with Gasteiger partial charge < -0.3 is 10.1 Å². The molecule has 1 aromatic rings. The van der Waals surface area contributed by atoms with Crippen LogP contribution in [0.2, 0.25) is 15.1 Å². The third-order valence-electron chi connectivity index (χ3n) is 2.75. The van der Waals surface area contributed by atoms with Gasteiger partial charge in [0, 0.05) is 18.2 Å². The molecule has 1 N–H and O–H groups in total. The van der Waals surface area contributed by atoms with Gasteiger partial charge in [0.1, 0.15) is 0 Å². The average molecular weight is 311 g/mol. The van der Waals surface area contributed by atoms with Crippen LogP contribution >= 0.6 is 34.8 Å². The lowest BCUT2D eigenvalue weighted by atomic mass is 10.00. The standard InChI is InChI=1S/C13H18Cl3NO/c1-8(7-13(2,3)18-4)17-12-10(15)5-9(14)6-11(12)16/h5-6,8,17H,7H2,1-4H3. The number of halogens is 3. The van der Waals surface area contributed by atoms with E-state index in [-0.39, 0.29) is 11.6 Å². The highest BCUT2D eigenvalue weighted by Gasteiger charge is 2.21. The van der Waals surface area contributed by atoms with Gasteiger partial charge in [-0.25, -0.2) is 0 Å². The molecular formula is C13H18Cl3NO. The first-order chi connectivity index (χ1) is 8.25. The molecule has 1 unspecified atom stereocenters. The van der Waals surface area contributed by atoms with Gasteiger partial charge in [0.2, 0.25) is 0 Å². The fourth-order valence-corrected chi connectivity index (χ4v) is 2.72. The Labute approximate surface area is 124 Å². The Morgan fingerprint density at radius 3 is 2.17 bits per heavy atom. The van der Waals surface area contributed by atoms with Crippen molar-refractivity contribution in [1.82, 2.24) is 0 Å². The van der Waals surface area contributed by atoms with Crippen molar-refractivity contribution < 1.29 is 4.74 Å². The Bertz CT molecular complexity index is 398. The number of benzene rings is 1. The summed E-state index contributed by atoms with van der Waals surface area (Å²) >= 11 is 18.1. The van der Waals surface area contributed by atoms with Gasteiger partial charge in [0.15, 0.2) is 0 Å². The topological polar surface area (TPSA) is 21.3 Å². The number of hydrogen-bond acceptors (Lipinski definition) is 2. The lowest BCUT2D eigenvalue weighted by Crippen LogP contribution is -2.31. The van der Waals surface area contributed by atoms with Gasteiger partial charge in [-0.3, -0.25) is 0 Å².